The molecule has 1 heterocycles. The zero-order valence-corrected chi connectivity index (χ0v) is 8.36. The van der Waals surface area contributed by atoms with Crippen molar-refractivity contribution < 1.29 is 9.84 Å². The molecule has 0 aromatic carbocycles. The van der Waals surface area contributed by atoms with E-state index in [1.807, 2.05) is 13.0 Å². The van der Waals surface area contributed by atoms with Gasteiger partial charge in [-0.1, -0.05) is 11.6 Å². The summed E-state index contributed by atoms with van der Waals surface area (Å²) < 4.78 is 5.38. The molecule has 3 nitrogen and oxygen atoms in total. The number of rotatable bonds is 5. The molecular formula is C11H15NO2. The Morgan fingerprint density at radius 2 is 2.36 bits per heavy atom. The molecular weight excluding hydrogens is 178 g/mol. The molecule has 0 atom stereocenters. The average molecular weight is 193 g/mol. The molecule has 0 aliphatic carbocycles. The second kappa shape index (κ2) is 5.40. The lowest BCUT2D eigenvalue weighted by Crippen LogP contribution is -2.00. The Morgan fingerprint density at radius 1 is 1.57 bits per heavy atom. The monoisotopic (exact) mass is 193 g/mol. The van der Waals surface area contributed by atoms with Crippen molar-refractivity contribution >= 4 is 0 Å². The first-order chi connectivity index (χ1) is 6.72. The Hall–Kier alpha value is -1.35. The van der Waals surface area contributed by atoms with Crippen LogP contribution in [0.4, 0.5) is 0 Å². The Bertz CT molecular complexity index is 310. The van der Waals surface area contributed by atoms with Gasteiger partial charge in [-0.2, -0.15) is 0 Å². The number of hydrogen-bond acceptors (Lipinski definition) is 3. The van der Waals surface area contributed by atoms with Crippen LogP contribution in [0.2, 0.25) is 0 Å². The fraction of sp³-hybridized carbons (Fsp3) is 0.364. The van der Waals surface area contributed by atoms with Gasteiger partial charge in [-0.05, 0) is 13.0 Å². The topological polar surface area (TPSA) is 42.4 Å². The lowest BCUT2D eigenvalue weighted by atomic mass is 10.3. The van der Waals surface area contributed by atoms with Crippen LogP contribution >= 0.6 is 0 Å². The number of nitrogens with zero attached hydrogens (tertiary/aromatic N) is 1. The molecule has 0 saturated carbocycles. The summed E-state index contributed by atoms with van der Waals surface area (Å²) in [6.07, 6.45) is 0.824. The molecule has 0 unspecified atom stereocenters. The second-order valence-electron chi connectivity index (χ2n) is 3.18. The van der Waals surface area contributed by atoms with E-state index in [4.69, 9.17) is 9.84 Å². The number of aliphatic hydroxyl groups is 1. The fourth-order valence-electron chi connectivity index (χ4n) is 0.956. The Morgan fingerprint density at radius 3 is 3.00 bits per heavy atom. The maximum absolute atomic E-state index is 8.84. The summed E-state index contributed by atoms with van der Waals surface area (Å²) in [5.41, 5.74) is 1.71. The van der Waals surface area contributed by atoms with Crippen molar-refractivity contribution in [1.82, 2.24) is 4.98 Å². The molecule has 0 aliphatic heterocycles. The van der Waals surface area contributed by atoms with Crippen LogP contribution in [0.25, 0.3) is 0 Å². The van der Waals surface area contributed by atoms with Crippen molar-refractivity contribution in [3.05, 3.63) is 36.0 Å². The van der Waals surface area contributed by atoms with Crippen LogP contribution in [0.15, 0.2) is 30.4 Å². The molecule has 0 aliphatic rings. The largest absolute Gasteiger partial charge is 0.477 e. The first kappa shape index (κ1) is 10.7. The van der Waals surface area contributed by atoms with E-state index in [1.165, 1.54) is 0 Å². The second-order valence-corrected chi connectivity index (χ2v) is 3.18. The highest BCUT2D eigenvalue weighted by Crippen LogP contribution is 2.08. The van der Waals surface area contributed by atoms with Gasteiger partial charge < -0.3 is 9.84 Å². The third-order valence-corrected chi connectivity index (χ3v) is 1.72. The molecule has 0 amide bonds. The van der Waals surface area contributed by atoms with Crippen LogP contribution < -0.4 is 4.74 Å². The van der Waals surface area contributed by atoms with Crippen LogP contribution in [-0.2, 0) is 6.61 Å². The first-order valence-corrected chi connectivity index (χ1v) is 4.56. The van der Waals surface area contributed by atoms with E-state index in [0.29, 0.717) is 18.2 Å². The summed E-state index contributed by atoms with van der Waals surface area (Å²) in [5.74, 6) is 0.554. The molecule has 0 spiro atoms. The van der Waals surface area contributed by atoms with Crippen molar-refractivity contribution in [3.63, 3.8) is 0 Å². The summed E-state index contributed by atoms with van der Waals surface area (Å²) in [6.45, 7) is 6.26. The smallest absolute Gasteiger partial charge is 0.213 e. The lowest BCUT2D eigenvalue weighted by molar-refractivity contribution is 0.269. The van der Waals surface area contributed by atoms with E-state index >= 15 is 0 Å². The number of pyridine rings is 1. The first-order valence-electron chi connectivity index (χ1n) is 4.56. The summed E-state index contributed by atoms with van der Waals surface area (Å²) in [6, 6.07) is 5.35. The van der Waals surface area contributed by atoms with Gasteiger partial charge in [0.05, 0.1) is 18.9 Å². The molecule has 0 radical (unpaired) electrons. The Kier molecular flexibility index (Phi) is 4.13. The molecule has 0 fully saturated rings. The molecule has 14 heavy (non-hydrogen) atoms. The number of aliphatic hydroxyl groups excluding tert-OH is 1. The fourth-order valence-corrected chi connectivity index (χ4v) is 0.956. The van der Waals surface area contributed by atoms with E-state index in [-0.39, 0.29) is 6.61 Å². The lowest BCUT2D eigenvalue weighted by Gasteiger charge is -2.05. The zero-order chi connectivity index (χ0) is 10.4. The number of hydrogen-bond donors (Lipinski definition) is 1. The van der Waals surface area contributed by atoms with Gasteiger partial charge in [-0.25, -0.2) is 4.98 Å². The SMILES string of the molecule is C=C(C)CCOc1cccc(CO)n1. The highest BCUT2D eigenvalue weighted by molar-refractivity contribution is 5.15. The van der Waals surface area contributed by atoms with E-state index in [2.05, 4.69) is 11.6 Å². The van der Waals surface area contributed by atoms with E-state index in [0.717, 1.165) is 12.0 Å². The van der Waals surface area contributed by atoms with Crippen molar-refractivity contribution in [2.24, 2.45) is 0 Å². The van der Waals surface area contributed by atoms with Crippen LogP contribution in [0.5, 0.6) is 5.88 Å². The molecule has 1 aromatic rings. The maximum Gasteiger partial charge on any atom is 0.213 e. The van der Waals surface area contributed by atoms with Gasteiger partial charge in [0.15, 0.2) is 0 Å². The van der Waals surface area contributed by atoms with Crippen molar-refractivity contribution in [2.75, 3.05) is 6.61 Å². The standard InChI is InChI=1S/C11H15NO2/c1-9(2)6-7-14-11-5-3-4-10(8-13)12-11/h3-5,13H,1,6-8H2,2H3. The number of aromatic nitrogens is 1. The number of ether oxygens (including phenoxy) is 1. The van der Waals surface area contributed by atoms with Crippen molar-refractivity contribution in [3.8, 4) is 5.88 Å². The maximum atomic E-state index is 8.84. The summed E-state index contributed by atoms with van der Waals surface area (Å²) in [7, 11) is 0. The minimum atomic E-state index is -0.0579. The van der Waals surface area contributed by atoms with Gasteiger partial charge in [0, 0.05) is 12.5 Å². The quantitative estimate of drug-likeness (QED) is 0.726. The zero-order valence-electron chi connectivity index (χ0n) is 8.36. The van der Waals surface area contributed by atoms with Crippen LogP contribution in [-0.4, -0.2) is 16.7 Å². The van der Waals surface area contributed by atoms with E-state index < -0.39 is 0 Å². The summed E-state index contributed by atoms with van der Waals surface area (Å²) in [4.78, 5) is 4.09. The normalized spacial score (nSPS) is 9.86. The third-order valence-electron chi connectivity index (χ3n) is 1.72. The van der Waals surface area contributed by atoms with E-state index in [9.17, 15) is 0 Å². The van der Waals surface area contributed by atoms with Crippen LogP contribution in [0.3, 0.4) is 0 Å². The Labute approximate surface area is 84.1 Å². The van der Waals surface area contributed by atoms with Gasteiger partial charge in [0.2, 0.25) is 5.88 Å². The van der Waals surface area contributed by atoms with Gasteiger partial charge >= 0.3 is 0 Å². The highest BCUT2D eigenvalue weighted by Gasteiger charge is 1.97. The predicted octanol–water partition coefficient (Wildman–Crippen LogP) is 1.92. The third kappa shape index (κ3) is 3.58. The molecule has 0 saturated heterocycles. The van der Waals surface area contributed by atoms with Crippen LogP contribution in [0.1, 0.15) is 19.0 Å². The van der Waals surface area contributed by atoms with Crippen LogP contribution in [0, 0.1) is 0 Å². The minimum Gasteiger partial charge on any atom is -0.477 e. The minimum absolute atomic E-state index is 0.0579. The van der Waals surface area contributed by atoms with E-state index in [1.54, 1.807) is 12.1 Å². The molecule has 1 aromatic heterocycles. The Balaban J connectivity index is 2.46. The average Bonchev–Trinajstić information content (AvgIpc) is 2.18. The highest BCUT2D eigenvalue weighted by atomic mass is 16.5. The van der Waals surface area contributed by atoms with Crippen molar-refractivity contribution in [1.29, 1.82) is 0 Å². The molecule has 1 rings (SSSR count). The van der Waals surface area contributed by atoms with Gasteiger partial charge in [-0.3, -0.25) is 0 Å². The summed E-state index contributed by atoms with van der Waals surface area (Å²) >= 11 is 0. The molecule has 76 valence electrons. The van der Waals surface area contributed by atoms with Gasteiger partial charge in [0.1, 0.15) is 0 Å². The summed E-state index contributed by atoms with van der Waals surface area (Å²) in [5, 5.41) is 8.84. The van der Waals surface area contributed by atoms with Gasteiger partial charge in [0.25, 0.3) is 0 Å². The van der Waals surface area contributed by atoms with Crippen molar-refractivity contribution in [2.45, 2.75) is 20.0 Å². The molecule has 3 heteroatoms. The van der Waals surface area contributed by atoms with Gasteiger partial charge in [-0.15, -0.1) is 6.58 Å². The molecule has 0 bridgehead atoms. The molecule has 1 N–H and O–H groups in total. The predicted molar refractivity (Wildman–Crippen MR) is 55.1 cm³/mol.